The van der Waals surface area contributed by atoms with Gasteiger partial charge < -0.3 is 15.5 Å². The molecule has 438 valence electrons. The molecule has 0 bridgehead atoms. The van der Waals surface area contributed by atoms with Gasteiger partial charge in [0.25, 0.3) is 0 Å². The van der Waals surface area contributed by atoms with Crippen molar-refractivity contribution >= 4 is 5.91 Å². The quantitative estimate of drug-likeness (QED) is 0.0420. The van der Waals surface area contributed by atoms with E-state index in [2.05, 4.69) is 43.5 Å². The van der Waals surface area contributed by atoms with E-state index >= 15 is 0 Å². The van der Waals surface area contributed by atoms with Crippen LogP contribution in [-0.2, 0) is 4.79 Å². The monoisotopic (exact) mass is 1040 g/mol. The summed E-state index contributed by atoms with van der Waals surface area (Å²) in [4.78, 5) is 12.5. The lowest BCUT2D eigenvalue weighted by atomic mass is 10.0. The summed E-state index contributed by atoms with van der Waals surface area (Å²) in [5.74, 6) is -0.0657. The molecule has 0 heterocycles. The Kier molecular flexibility index (Phi) is 64.7. The minimum atomic E-state index is -0.862. The summed E-state index contributed by atoms with van der Waals surface area (Å²) in [7, 11) is 0. The molecule has 2 atom stereocenters. The Hall–Kier alpha value is -1.39. The number of carbonyl (C=O) groups excluding carboxylic acids is 1. The molecule has 74 heavy (non-hydrogen) atoms. The van der Waals surface area contributed by atoms with Gasteiger partial charge in [-0.15, -0.1) is 0 Å². The first-order valence-corrected chi connectivity index (χ1v) is 34.2. The number of carbonyl (C=O) groups is 1. The molecule has 0 aromatic rings. The topological polar surface area (TPSA) is 69.6 Å². The molecule has 4 heteroatoms. The fraction of sp³-hybridized carbons (Fsp3) is 0.900. The van der Waals surface area contributed by atoms with Crippen LogP contribution in [0.15, 0.2) is 36.5 Å². The molecule has 0 saturated carbocycles. The predicted octanol–water partition coefficient (Wildman–Crippen LogP) is 23.2. The van der Waals surface area contributed by atoms with Crippen LogP contribution >= 0.6 is 0 Å². The van der Waals surface area contributed by atoms with Crippen LogP contribution in [0.3, 0.4) is 0 Å². The second-order valence-electron chi connectivity index (χ2n) is 23.6. The first-order chi connectivity index (χ1) is 36.7. The zero-order valence-corrected chi connectivity index (χ0v) is 50.6. The number of rotatable bonds is 64. The third kappa shape index (κ3) is 61.5. The summed E-state index contributed by atoms with van der Waals surface area (Å²) in [5.41, 5.74) is 0. The standard InChI is InChI=1S/C70H135NO3/c1-3-5-7-9-11-13-15-17-19-21-23-25-27-29-31-33-34-35-36-38-40-42-44-46-48-50-52-54-56-58-60-62-64-66-70(74)71-68(67-72)69(73)65-63-61-59-57-55-53-51-49-47-45-43-41-39-37-32-30-28-26-24-22-20-18-16-14-12-10-8-6-4-2/h21,23,55,57,63,65,68-69,72-73H,3-20,22,24-54,56,58-62,64,66-67H2,1-2H3,(H,71,74)/b23-21-,57-55+,65-63+. The number of allylic oxidation sites excluding steroid dienone is 5. The van der Waals surface area contributed by atoms with Crippen molar-refractivity contribution in [2.45, 2.75) is 398 Å². The third-order valence-electron chi connectivity index (χ3n) is 16.1. The van der Waals surface area contributed by atoms with Gasteiger partial charge in [-0.1, -0.05) is 359 Å². The van der Waals surface area contributed by atoms with Gasteiger partial charge in [0.05, 0.1) is 18.8 Å². The Morgan fingerprint density at radius 1 is 0.311 bits per heavy atom. The van der Waals surface area contributed by atoms with Crippen molar-refractivity contribution < 1.29 is 15.0 Å². The van der Waals surface area contributed by atoms with Gasteiger partial charge in [0.1, 0.15) is 0 Å². The molecule has 0 aliphatic rings. The molecule has 0 spiro atoms. The van der Waals surface area contributed by atoms with Crippen LogP contribution < -0.4 is 5.32 Å². The lowest BCUT2D eigenvalue weighted by Gasteiger charge is -2.19. The Morgan fingerprint density at radius 3 is 0.784 bits per heavy atom. The first-order valence-electron chi connectivity index (χ1n) is 34.2. The molecule has 0 aliphatic carbocycles. The Balaban J connectivity index is 3.44. The van der Waals surface area contributed by atoms with Crippen LogP contribution in [0.1, 0.15) is 386 Å². The highest BCUT2D eigenvalue weighted by Gasteiger charge is 2.18. The number of aliphatic hydroxyl groups excluding tert-OH is 2. The highest BCUT2D eigenvalue weighted by molar-refractivity contribution is 5.76. The van der Waals surface area contributed by atoms with E-state index in [0.717, 1.165) is 32.1 Å². The molecule has 1 amide bonds. The van der Waals surface area contributed by atoms with E-state index in [4.69, 9.17) is 0 Å². The van der Waals surface area contributed by atoms with E-state index < -0.39 is 12.1 Å². The minimum absolute atomic E-state index is 0.0657. The van der Waals surface area contributed by atoms with Crippen LogP contribution in [0.5, 0.6) is 0 Å². The van der Waals surface area contributed by atoms with Crippen LogP contribution in [0.4, 0.5) is 0 Å². The summed E-state index contributed by atoms with van der Waals surface area (Å²) < 4.78 is 0. The number of amides is 1. The van der Waals surface area contributed by atoms with Crippen molar-refractivity contribution in [2.24, 2.45) is 0 Å². The van der Waals surface area contributed by atoms with E-state index in [-0.39, 0.29) is 12.5 Å². The minimum Gasteiger partial charge on any atom is -0.394 e. The Bertz CT molecular complexity index is 1130. The average molecular weight is 1040 g/mol. The molecule has 2 unspecified atom stereocenters. The summed E-state index contributed by atoms with van der Waals surface area (Å²) in [6.07, 6.45) is 90.9. The molecule has 0 radical (unpaired) electrons. The molecule has 4 nitrogen and oxygen atoms in total. The molecule has 0 fully saturated rings. The second-order valence-corrected chi connectivity index (χ2v) is 23.6. The van der Waals surface area contributed by atoms with Gasteiger partial charge in [0, 0.05) is 6.42 Å². The lowest BCUT2D eigenvalue weighted by molar-refractivity contribution is -0.123. The zero-order chi connectivity index (χ0) is 53.4. The van der Waals surface area contributed by atoms with E-state index in [9.17, 15) is 15.0 Å². The van der Waals surface area contributed by atoms with E-state index in [1.54, 1.807) is 6.08 Å². The zero-order valence-electron chi connectivity index (χ0n) is 50.6. The maximum absolute atomic E-state index is 12.5. The molecular weight excluding hydrogens is 903 g/mol. The maximum Gasteiger partial charge on any atom is 0.220 e. The maximum atomic E-state index is 12.5. The summed E-state index contributed by atoms with van der Waals surface area (Å²) >= 11 is 0. The van der Waals surface area contributed by atoms with E-state index in [1.807, 2.05) is 6.08 Å². The lowest BCUT2D eigenvalue weighted by Crippen LogP contribution is -2.45. The van der Waals surface area contributed by atoms with Gasteiger partial charge in [-0.3, -0.25) is 4.79 Å². The Labute approximate surface area is 465 Å². The van der Waals surface area contributed by atoms with Gasteiger partial charge in [-0.25, -0.2) is 0 Å². The predicted molar refractivity (Wildman–Crippen MR) is 332 cm³/mol. The normalized spacial score (nSPS) is 12.9. The SMILES string of the molecule is CCCCCCCCCC/C=C\CCCCCCCCCCCCCCCCCCCCCCCC(=O)NC(CO)C(O)/C=C/CC/C=C/CCCCCCCCCCCCCCCCCCCCCCCCC. The van der Waals surface area contributed by atoms with Crippen LogP contribution in [0, 0.1) is 0 Å². The van der Waals surface area contributed by atoms with Gasteiger partial charge in [-0.05, 0) is 57.8 Å². The van der Waals surface area contributed by atoms with Crippen molar-refractivity contribution in [1.82, 2.24) is 5.32 Å². The molecule has 0 aromatic carbocycles. The fourth-order valence-electron chi connectivity index (χ4n) is 10.9. The van der Waals surface area contributed by atoms with Gasteiger partial charge in [0.2, 0.25) is 5.91 Å². The Morgan fingerprint density at radius 2 is 0.527 bits per heavy atom. The van der Waals surface area contributed by atoms with Crippen LogP contribution in [0.25, 0.3) is 0 Å². The highest BCUT2D eigenvalue weighted by Crippen LogP contribution is 2.19. The smallest absolute Gasteiger partial charge is 0.220 e. The number of aliphatic hydroxyl groups is 2. The third-order valence-corrected chi connectivity index (χ3v) is 16.1. The van der Waals surface area contributed by atoms with E-state index in [1.165, 1.54) is 334 Å². The number of unbranched alkanes of at least 4 members (excludes halogenated alkanes) is 53. The van der Waals surface area contributed by atoms with Crippen LogP contribution in [-0.4, -0.2) is 34.9 Å². The van der Waals surface area contributed by atoms with Gasteiger partial charge >= 0.3 is 0 Å². The van der Waals surface area contributed by atoms with Crippen LogP contribution in [0.2, 0.25) is 0 Å². The molecule has 0 rings (SSSR count). The largest absolute Gasteiger partial charge is 0.394 e. The van der Waals surface area contributed by atoms with E-state index in [0.29, 0.717) is 6.42 Å². The fourth-order valence-corrected chi connectivity index (χ4v) is 10.9. The number of hydrogen-bond acceptors (Lipinski definition) is 3. The highest BCUT2D eigenvalue weighted by atomic mass is 16.3. The van der Waals surface area contributed by atoms with Gasteiger partial charge in [0.15, 0.2) is 0 Å². The molecule has 0 saturated heterocycles. The summed E-state index contributed by atoms with van der Waals surface area (Å²) in [6.45, 7) is 4.34. The molecular formula is C70H135NO3. The average Bonchev–Trinajstić information content (AvgIpc) is 3.40. The molecule has 3 N–H and O–H groups in total. The first kappa shape index (κ1) is 72.6. The van der Waals surface area contributed by atoms with Crippen molar-refractivity contribution in [3.63, 3.8) is 0 Å². The molecule has 0 aliphatic heterocycles. The molecule has 0 aromatic heterocycles. The van der Waals surface area contributed by atoms with Crippen molar-refractivity contribution in [2.75, 3.05) is 6.61 Å². The number of hydrogen-bond donors (Lipinski definition) is 3. The van der Waals surface area contributed by atoms with Crippen molar-refractivity contribution in [3.05, 3.63) is 36.5 Å². The summed E-state index contributed by atoms with van der Waals surface area (Å²) in [5, 5.41) is 23.3. The summed E-state index contributed by atoms with van der Waals surface area (Å²) in [6, 6.07) is -0.639. The second kappa shape index (κ2) is 65.9. The number of nitrogens with one attached hydrogen (secondary N) is 1. The van der Waals surface area contributed by atoms with Crippen molar-refractivity contribution in [3.8, 4) is 0 Å². The van der Waals surface area contributed by atoms with Gasteiger partial charge in [-0.2, -0.15) is 0 Å². The van der Waals surface area contributed by atoms with Crippen molar-refractivity contribution in [1.29, 1.82) is 0 Å².